The monoisotopic (exact) mass is 713 g/mol. The topological polar surface area (TPSA) is 51.8 Å². The van der Waals surface area contributed by atoms with Crippen LogP contribution in [0.2, 0.25) is 0 Å². The molecule has 2 heterocycles. The van der Waals surface area contributed by atoms with Crippen molar-refractivity contribution in [3.8, 4) is 67.5 Å². The molecule has 0 N–H and O–H groups in total. The normalized spacial score (nSPS) is 13.1. The summed E-state index contributed by atoms with van der Waals surface area (Å²) in [4.78, 5) is 15.2. The Labute approximate surface area is 323 Å². The maximum absolute atomic E-state index is 6.82. The average Bonchev–Trinajstić information content (AvgIpc) is 3.91. The molecular weight excluding hydrogens is 683 g/mol. The van der Waals surface area contributed by atoms with Crippen molar-refractivity contribution in [3.63, 3.8) is 0 Å². The van der Waals surface area contributed by atoms with Crippen LogP contribution in [0.5, 0.6) is 0 Å². The Morgan fingerprint density at radius 1 is 0.339 bits per heavy atom. The summed E-state index contributed by atoms with van der Waals surface area (Å²) in [7, 11) is 0. The molecule has 0 atom stereocenters. The Morgan fingerprint density at radius 2 is 0.804 bits per heavy atom. The molecule has 1 spiro atoms. The van der Waals surface area contributed by atoms with Gasteiger partial charge in [-0.3, -0.25) is 0 Å². The molecule has 0 unspecified atom stereocenters. The molecule has 4 nitrogen and oxygen atoms in total. The van der Waals surface area contributed by atoms with Gasteiger partial charge in [0.2, 0.25) is 0 Å². The molecular formula is C52H31N3O. The molecule has 12 rings (SSSR count). The van der Waals surface area contributed by atoms with Crippen molar-refractivity contribution >= 4 is 21.9 Å². The number of aromatic nitrogens is 3. The quantitative estimate of drug-likeness (QED) is 0.182. The second-order valence-corrected chi connectivity index (χ2v) is 14.6. The molecule has 2 aromatic heterocycles. The number of para-hydroxylation sites is 1. The van der Waals surface area contributed by atoms with E-state index in [9.17, 15) is 0 Å². The highest BCUT2D eigenvalue weighted by Gasteiger charge is 2.51. The van der Waals surface area contributed by atoms with Gasteiger partial charge in [-0.25, -0.2) is 15.0 Å². The molecule has 0 fully saturated rings. The molecule has 0 amide bonds. The number of furan rings is 1. The molecule has 0 aliphatic heterocycles. The lowest BCUT2D eigenvalue weighted by Crippen LogP contribution is -2.25. The van der Waals surface area contributed by atoms with E-state index in [1.165, 1.54) is 44.5 Å². The fraction of sp³-hybridized carbons (Fsp3) is 0.0192. The van der Waals surface area contributed by atoms with Crippen LogP contribution in [0, 0.1) is 0 Å². The van der Waals surface area contributed by atoms with Gasteiger partial charge < -0.3 is 4.42 Å². The third-order valence-electron chi connectivity index (χ3n) is 11.8. The Morgan fingerprint density at radius 3 is 1.41 bits per heavy atom. The van der Waals surface area contributed by atoms with E-state index in [1.807, 2.05) is 72.8 Å². The minimum atomic E-state index is -0.431. The van der Waals surface area contributed by atoms with Gasteiger partial charge in [-0.05, 0) is 73.8 Å². The Balaban J connectivity index is 1.11. The van der Waals surface area contributed by atoms with Crippen LogP contribution in [0.3, 0.4) is 0 Å². The van der Waals surface area contributed by atoms with E-state index in [0.717, 1.165) is 49.8 Å². The van der Waals surface area contributed by atoms with Crippen molar-refractivity contribution in [2.75, 3.05) is 0 Å². The highest BCUT2D eigenvalue weighted by molar-refractivity contribution is 6.16. The fourth-order valence-corrected chi connectivity index (χ4v) is 9.44. The Bertz CT molecular complexity index is 3080. The van der Waals surface area contributed by atoms with Crippen LogP contribution in [0.25, 0.3) is 89.5 Å². The lowest BCUT2D eigenvalue weighted by molar-refractivity contribution is 0.669. The average molecular weight is 714 g/mol. The smallest absolute Gasteiger partial charge is 0.167 e. The molecule has 2 aliphatic carbocycles. The Hall–Kier alpha value is -7.43. The van der Waals surface area contributed by atoms with Gasteiger partial charge in [0.1, 0.15) is 11.2 Å². The summed E-state index contributed by atoms with van der Waals surface area (Å²) < 4.78 is 6.82. The third-order valence-corrected chi connectivity index (χ3v) is 11.8. The summed E-state index contributed by atoms with van der Waals surface area (Å²) in [5.74, 6) is 1.79. The summed E-state index contributed by atoms with van der Waals surface area (Å²) in [6.07, 6.45) is 0. The van der Waals surface area contributed by atoms with Crippen molar-refractivity contribution in [1.82, 2.24) is 15.0 Å². The molecule has 56 heavy (non-hydrogen) atoms. The predicted molar refractivity (Wildman–Crippen MR) is 225 cm³/mol. The summed E-state index contributed by atoms with van der Waals surface area (Å²) in [5.41, 5.74) is 16.5. The van der Waals surface area contributed by atoms with Gasteiger partial charge in [0.25, 0.3) is 0 Å². The second-order valence-electron chi connectivity index (χ2n) is 14.6. The van der Waals surface area contributed by atoms with Gasteiger partial charge in [0.15, 0.2) is 17.5 Å². The van der Waals surface area contributed by atoms with Crippen molar-refractivity contribution in [2.24, 2.45) is 0 Å². The van der Waals surface area contributed by atoms with Crippen LogP contribution in [0.1, 0.15) is 22.3 Å². The lowest BCUT2D eigenvalue weighted by atomic mass is 9.70. The first-order chi connectivity index (χ1) is 27.8. The minimum absolute atomic E-state index is 0.431. The summed E-state index contributed by atoms with van der Waals surface area (Å²) >= 11 is 0. The van der Waals surface area contributed by atoms with Gasteiger partial charge in [0, 0.05) is 21.9 Å². The van der Waals surface area contributed by atoms with E-state index >= 15 is 0 Å². The Kier molecular flexibility index (Phi) is 6.52. The van der Waals surface area contributed by atoms with E-state index in [2.05, 4.69) is 115 Å². The highest BCUT2D eigenvalue weighted by atomic mass is 16.3. The van der Waals surface area contributed by atoms with Crippen LogP contribution in [-0.2, 0) is 5.41 Å². The molecule has 8 aromatic carbocycles. The largest absolute Gasteiger partial charge is 0.455 e. The van der Waals surface area contributed by atoms with E-state index in [-0.39, 0.29) is 0 Å². The van der Waals surface area contributed by atoms with Gasteiger partial charge in [0.05, 0.1) is 11.0 Å². The minimum Gasteiger partial charge on any atom is -0.455 e. The van der Waals surface area contributed by atoms with Crippen LogP contribution in [0.15, 0.2) is 192 Å². The SMILES string of the molecule is c1ccc(-c2nc(-c3ccccc3)nc(-c3ccc(-c4ccc5c(c4)C4(c6ccccc6-c6ccccc64)c4ccccc4-5)c4c3oc3ccccc34)n2)cc1. The van der Waals surface area contributed by atoms with E-state index in [4.69, 9.17) is 19.4 Å². The standard InChI is InChI=1S/C52H31N3O/c1-3-15-32(16-4-1)49-53-50(33-17-5-2-6-18-33)55-51(54-49)41-30-29-35(47-40-22-10-14-26-46(40)56-48(41)47)34-27-28-39-38-21-9-13-25-44(38)52(45(39)31-34)42-23-11-7-19-36(42)37-20-8-12-24-43(37)52/h1-31H. The molecule has 0 bridgehead atoms. The molecule has 4 heteroatoms. The van der Waals surface area contributed by atoms with Crippen molar-refractivity contribution in [2.45, 2.75) is 5.41 Å². The van der Waals surface area contributed by atoms with E-state index < -0.39 is 5.41 Å². The van der Waals surface area contributed by atoms with Gasteiger partial charge in [-0.15, -0.1) is 0 Å². The van der Waals surface area contributed by atoms with Gasteiger partial charge in [-0.2, -0.15) is 0 Å². The summed E-state index contributed by atoms with van der Waals surface area (Å²) in [6, 6.07) is 66.7. The highest BCUT2D eigenvalue weighted by Crippen LogP contribution is 2.63. The third kappa shape index (κ3) is 4.27. The van der Waals surface area contributed by atoms with Crippen LogP contribution >= 0.6 is 0 Å². The number of nitrogens with zero attached hydrogens (tertiary/aromatic N) is 3. The molecule has 0 radical (unpaired) electrons. The van der Waals surface area contributed by atoms with Gasteiger partial charge >= 0.3 is 0 Å². The van der Waals surface area contributed by atoms with Crippen molar-refractivity contribution in [3.05, 3.63) is 210 Å². The summed E-state index contributed by atoms with van der Waals surface area (Å²) in [6.45, 7) is 0. The van der Waals surface area contributed by atoms with Crippen molar-refractivity contribution < 1.29 is 4.42 Å². The lowest BCUT2D eigenvalue weighted by Gasteiger charge is -2.30. The van der Waals surface area contributed by atoms with Crippen molar-refractivity contribution in [1.29, 1.82) is 0 Å². The fourth-order valence-electron chi connectivity index (χ4n) is 9.44. The zero-order chi connectivity index (χ0) is 36.8. The van der Waals surface area contributed by atoms with E-state index in [1.54, 1.807) is 0 Å². The van der Waals surface area contributed by atoms with Gasteiger partial charge in [-0.1, -0.05) is 170 Å². The van der Waals surface area contributed by atoms with Crippen LogP contribution in [-0.4, -0.2) is 15.0 Å². The number of rotatable bonds is 4. The second kappa shape index (κ2) is 11.8. The number of benzene rings is 8. The van der Waals surface area contributed by atoms with E-state index in [0.29, 0.717) is 17.5 Å². The molecule has 2 aliphatic rings. The molecule has 0 saturated heterocycles. The molecule has 0 saturated carbocycles. The first-order valence-corrected chi connectivity index (χ1v) is 19.0. The maximum atomic E-state index is 6.82. The first-order valence-electron chi connectivity index (χ1n) is 19.0. The van der Waals surface area contributed by atoms with Crippen LogP contribution < -0.4 is 0 Å². The molecule has 260 valence electrons. The number of fused-ring (bicyclic) bond motifs is 13. The zero-order valence-corrected chi connectivity index (χ0v) is 30.1. The number of hydrogen-bond acceptors (Lipinski definition) is 4. The summed E-state index contributed by atoms with van der Waals surface area (Å²) in [5, 5.41) is 2.09. The first kappa shape index (κ1) is 31.0. The van der Waals surface area contributed by atoms with Crippen LogP contribution in [0.4, 0.5) is 0 Å². The maximum Gasteiger partial charge on any atom is 0.167 e. The predicted octanol–water partition coefficient (Wildman–Crippen LogP) is 12.8. The number of hydrogen-bond donors (Lipinski definition) is 0. The zero-order valence-electron chi connectivity index (χ0n) is 30.1. The molecule has 10 aromatic rings.